The van der Waals surface area contributed by atoms with Gasteiger partial charge in [0.2, 0.25) is 0 Å². The van der Waals surface area contributed by atoms with Gasteiger partial charge in [-0.2, -0.15) is 0 Å². The molecular formula is C10H14O. The quantitative estimate of drug-likeness (QED) is 0.471. The van der Waals surface area contributed by atoms with Gasteiger partial charge in [-0.15, -0.1) is 0 Å². The van der Waals surface area contributed by atoms with E-state index in [-0.39, 0.29) is 6.61 Å². The Morgan fingerprint density at radius 2 is 2.18 bits per heavy atom. The first-order valence-electron chi connectivity index (χ1n) is 3.57. The maximum absolute atomic E-state index is 8.48. The molecular weight excluding hydrogens is 136 g/mol. The van der Waals surface area contributed by atoms with Gasteiger partial charge < -0.3 is 5.11 Å². The van der Waals surface area contributed by atoms with Gasteiger partial charge in [0.15, 0.2) is 0 Å². The average Bonchev–Trinajstić information content (AvgIpc) is 1.87. The lowest BCUT2D eigenvalue weighted by Gasteiger charge is -1.86. The van der Waals surface area contributed by atoms with E-state index >= 15 is 0 Å². The molecule has 60 valence electrons. The number of hydrogen-bond acceptors (Lipinski definition) is 1. The van der Waals surface area contributed by atoms with E-state index in [2.05, 4.69) is 18.4 Å². The van der Waals surface area contributed by atoms with E-state index in [1.54, 1.807) is 6.08 Å². The van der Waals surface area contributed by atoms with Crippen molar-refractivity contribution >= 4 is 0 Å². The first-order chi connectivity index (χ1) is 5.16. The molecule has 0 saturated heterocycles. The zero-order valence-electron chi connectivity index (χ0n) is 7.15. The van der Waals surface area contributed by atoms with Crippen LogP contribution < -0.4 is 0 Å². The second-order valence-corrected chi connectivity index (χ2v) is 2.51. The molecule has 1 N–H and O–H groups in total. The maximum Gasteiger partial charge on any atom is 0.0624 e. The zero-order chi connectivity index (χ0) is 8.69. The lowest BCUT2D eigenvalue weighted by molar-refractivity contribution is 0.342. The largest absolute Gasteiger partial charge is 0.392 e. The Hall–Kier alpha value is -1.00. The molecule has 0 spiro atoms. The lowest BCUT2D eigenvalue weighted by atomic mass is 10.2. The fourth-order valence-electron chi connectivity index (χ4n) is 0.522. The van der Waals surface area contributed by atoms with Crippen molar-refractivity contribution in [2.75, 3.05) is 6.61 Å². The normalized spacial score (nSPS) is 10.3. The van der Waals surface area contributed by atoms with Crippen LogP contribution in [0.25, 0.3) is 0 Å². The van der Waals surface area contributed by atoms with Crippen LogP contribution in [0.4, 0.5) is 0 Å². The van der Waals surface area contributed by atoms with Gasteiger partial charge in [-0.25, -0.2) is 0 Å². The van der Waals surface area contributed by atoms with Gasteiger partial charge in [-0.3, -0.25) is 0 Å². The van der Waals surface area contributed by atoms with Crippen LogP contribution in [0.1, 0.15) is 20.3 Å². The Kier molecular flexibility index (Phi) is 5.24. The third-order valence-corrected chi connectivity index (χ3v) is 1.07. The van der Waals surface area contributed by atoms with Crippen LogP contribution in [-0.4, -0.2) is 11.7 Å². The first-order valence-corrected chi connectivity index (χ1v) is 3.57. The summed E-state index contributed by atoms with van der Waals surface area (Å²) in [5, 5.41) is 8.48. The van der Waals surface area contributed by atoms with Crippen molar-refractivity contribution in [3.63, 3.8) is 0 Å². The standard InChI is InChI=1S/C10H14O/c1-9(2)5-4-6-10(3)7-8-11/h7,11H,1,5,8H2,2-3H3. The second-order valence-electron chi connectivity index (χ2n) is 2.51. The molecule has 0 bridgehead atoms. The summed E-state index contributed by atoms with van der Waals surface area (Å²) in [5.74, 6) is 5.85. The Morgan fingerprint density at radius 1 is 1.55 bits per heavy atom. The summed E-state index contributed by atoms with van der Waals surface area (Å²) >= 11 is 0. The number of hydrogen-bond donors (Lipinski definition) is 1. The molecule has 0 amide bonds. The van der Waals surface area contributed by atoms with E-state index in [4.69, 9.17) is 5.11 Å². The first kappa shape index (κ1) is 10.0. The van der Waals surface area contributed by atoms with Crippen molar-refractivity contribution in [3.05, 3.63) is 23.8 Å². The molecule has 11 heavy (non-hydrogen) atoms. The SMILES string of the molecule is C=C(C)CC#CC(C)=CCO. The van der Waals surface area contributed by atoms with Crippen molar-refractivity contribution in [2.45, 2.75) is 20.3 Å². The minimum Gasteiger partial charge on any atom is -0.392 e. The Labute approximate surface area is 68.4 Å². The summed E-state index contributed by atoms with van der Waals surface area (Å²) in [6, 6.07) is 0. The lowest BCUT2D eigenvalue weighted by Crippen LogP contribution is -1.76. The molecule has 1 nitrogen and oxygen atoms in total. The highest BCUT2D eigenvalue weighted by Gasteiger charge is 1.79. The van der Waals surface area contributed by atoms with Gasteiger partial charge in [0.05, 0.1) is 6.61 Å². The van der Waals surface area contributed by atoms with Crippen LogP contribution in [0.2, 0.25) is 0 Å². The molecule has 0 aliphatic carbocycles. The van der Waals surface area contributed by atoms with Crippen LogP contribution in [0.5, 0.6) is 0 Å². The fraction of sp³-hybridized carbons (Fsp3) is 0.400. The van der Waals surface area contributed by atoms with Crippen molar-refractivity contribution in [3.8, 4) is 11.8 Å². The van der Waals surface area contributed by atoms with Crippen molar-refractivity contribution in [1.29, 1.82) is 0 Å². The zero-order valence-corrected chi connectivity index (χ0v) is 7.15. The van der Waals surface area contributed by atoms with E-state index in [0.29, 0.717) is 0 Å². The third kappa shape index (κ3) is 6.89. The van der Waals surface area contributed by atoms with Gasteiger partial charge in [-0.05, 0) is 25.5 Å². The van der Waals surface area contributed by atoms with Gasteiger partial charge >= 0.3 is 0 Å². The molecule has 0 rings (SSSR count). The van der Waals surface area contributed by atoms with E-state index in [1.165, 1.54) is 0 Å². The summed E-state index contributed by atoms with van der Waals surface area (Å²) in [6.07, 6.45) is 2.42. The van der Waals surface area contributed by atoms with E-state index in [1.807, 2.05) is 13.8 Å². The highest BCUT2D eigenvalue weighted by atomic mass is 16.2. The predicted molar refractivity (Wildman–Crippen MR) is 48.0 cm³/mol. The fourth-order valence-corrected chi connectivity index (χ4v) is 0.522. The highest BCUT2D eigenvalue weighted by Crippen LogP contribution is 1.93. The van der Waals surface area contributed by atoms with E-state index in [0.717, 1.165) is 17.6 Å². The van der Waals surface area contributed by atoms with Crippen molar-refractivity contribution in [1.82, 2.24) is 0 Å². The van der Waals surface area contributed by atoms with E-state index < -0.39 is 0 Å². The van der Waals surface area contributed by atoms with Crippen LogP contribution in [-0.2, 0) is 0 Å². The monoisotopic (exact) mass is 150 g/mol. The van der Waals surface area contributed by atoms with E-state index in [9.17, 15) is 0 Å². The van der Waals surface area contributed by atoms with Crippen molar-refractivity contribution < 1.29 is 5.11 Å². The minimum absolute atomic E-state index is 0.0631. The summed E-state index contributed by atoms with van der Waals surface area (Å²) in [5.41, 5.74) is 1.98. The Balaban J connectivity index is 3.87. The summed E-state index contributed by atoms with van der Waals surface area (Å²) in [4.78, 5) is 0. The smallest absolute Gasteiger partial charge is 0.0624 e. The Morgan fingerprint density at radius 3 is 2.64 bits per heavy atom. The van der Waals surface area contributed by atoms with Gasteiger partial charge in [0, 0.05) is 6.42 Å². The molecule has 0 unspecified atom stereocenters. The van der Waals surface area contributed by atoms with Crippen LogP contribution in [0, 0.1) is 11.8 Å². The van der Waals surface area contributed by atoms with Gasteiger partial charge in [0.1, 0.15) is 0 Å². The number of aliphatic hydroxyl groups is 1. The molecule has 0 radical (unpaired) electrons. The Bertz CT molecular complexity index is 213. The van der Waals surface area contributed by atoms with Gasteiger partial charge in [-0.1, -0.05) is 24.0 Å². The molecule has 0 aliphatic rings. The average molecular weight is 150 g/mol. The number of rotatable bonds is 2. The predicted octanol–water partition coefficient (Wildman–Crippen LogP) is 1.89. The van der Waals surface area contributed by atoms with Crippen LogP contribution >= 0.6 is 0 Å². The third-order valence-electron chi connectivity index (χ3n) is 1.07. The minimum atomic E-state index is 0.0631. The van der Waals surface area contributed by atoms with Crippen molar-refractivity contribution in [2.24, 2.45) is 0 Å². The number of allylic oxidation sites excluding steroid dienone is 2. The van der Waals surface area contributed by atoms with Crippen LogP contribution in [0.3, 0.4) is 0 Å². The summed E-state index contributed by atoms with van der Waals surface area (Å²) in [7, 11) is 0. The topological polar surface area (TPSA) is 20.2 Å². The van der Waals surface area contributed by atoms with Crippen LogP contribution in [0.15, 0.2) is 23.8 Å². The summed E-state index contributed by atoms with van der Waals surface area (Å²) in [6.45, 7) is 7.61. The number of aliphatic hydroxyl groups excluding tert-OH is 1. The molecule has 0 aliphatic heterocycles. The molecule has 0 aromatic heterocycles. The second kappa shape index (κ2) is 5.76. The molecule has 1 heteroatoms. The molecule has 0 heterocycles. The summed E-state index contributed by atoms with van der Waals surface area (Å²) < 4.78 is 0. The highest BCUT2D eigenvalue weighted by molar-refractivity contribution is 5.27. The molecule has 0 atom stereocenters. The molecule has 0 aromatic carbocycles. The van der Waals surface area contributed by atoms with Gasteiger partial charge in [0.25, 0.3) is 0 Å². The molecule has 0 aromatic rings. The molecule has 0 saturated carbocycles. The molecule has 0 fully saturated rings. The maximum atomic E-state index is 8.48.